The highest BCUT2D eigenvalue weighted by atomic mass is 32.1. The molecule has 0 N–H and O–H groups in total. The van der Waals surface area contributed by atoms with Gasteiger partial charge in [-0.3, -0.25) is 13.9 Å². The molecule has 0 saturated carbocycles. The van der Waals surface area contributed by atoms with Crippen LogP contribution in [0.3, 0.4) is 0 Å². The molecule has 4 rings (SSSR count). The molecule has 0 aliphatic carbocycles. The number of anilines is 1. The average molecular weight is 438 g/mol. The van der Waals surface area contributed by atoms with Crippen molar-refractivity contribution in [1.82, 2.24) is 14.1 Å². The maximum absolute atomic E-state index is 12.4. The second-order valence-electron chi connectivity index (χ2n) is 7.55. The van der Waals surface area contributed by atoms with Gasteiger partial charge < -0.3 is 9.64 Å². The molecule has 8 nitrogen and oxygen atoms in total. The van der Waals surface area contributed by atoms with Crippen LogP contribution in [0.15, 0.2) is 39.2 Å². The first-order valence-corrected chi connectivity index (χ1v) is 10.9. The van der Waals surface area contributed by atoms with E-state index in [1.807, 2.05) is 35.2 Å². The minimum Gasteiger partial charge on any atom is -0.496 e. The monoisotopic (exact) mass is 437 g/mol. The summed E-state index contributed by atoms with van der Waals surface area (Å²) in [7, 11) is 4.65. The number of rotatable bonds is 4. The fraction of sp³-hybridized carbons (Fsp3) is 0.364. The zero-order valence-corrected chi connectivity index (χ0v) is 18.5. The lowest BCUT2D eigenvalue weighted by Crippen LogP contribution is -2.44. The molecule has 0 amide bonds. The number of hydrogen-bond donors (Lipinski definition) is 0. The van der Waals surface area contributed by atoms with Crippen LogP contribution in [0.2, 0.25) is 0 Å². The van der Waals surface area contributed by atoms with Crippen molar-refractivity contribution in [3.05, 3.63) is 61.1 Å². The zero-order chi connectivity index (χ0) is 22.1. The van der Waals surface area contributed by atoms with Crippen LogP contribution in [0.5, 0.6) is 5.75 Å². The van der Waals surface area contributed by atoms with Gasteiger partial charge in [0.15, 0.2) is 5.56 Å². The van der Waals surface area contributed by atoms with Crippen molar-refractivity contribution in [3.63, 3.8) is 0 Å². The number of nitriles is 1. The molecule has 1 aliphatic rings. The number of piperidine rings is 1. The van der Waals surface area contributed by atoms with Gasteiger partial charge in [-0.05, 0) is 25.0 Å². The number of aromatic nitrogens is 3. The summed E-state index contributed by atoms with van der Waals surface area (Å²) in [5, 5.41) is 12.7. The lowest BCUT2D eigenvalue weighted by atomic mass is 9.97. The van der Waals surface area contributed by atoms with Gasteiger partial charge in [0.25, 0.3) is 5.56 Å². The molecule has 3 heterocycles. The summed E-state index contributed by atoms with van der Waals surface area (Å²) in [5.74, 6) is 1.49. The lowest BCUT2D eigenvalue weighted by Gasteiger charge is -2.34. The SMILES string of the molecule is COc1ccccc1-c1csc(C2CCN(c3c(C#N)c(=O)n(C)c(=O)n3C)CC2)n1. The molecule has 0 bridgehead atoms. The minimum atomic E-state index is -0.552. The van der Waals surface area contributed by atoms with E-state index in [0.717, 1.165) is 39.4 Å². The Bertz CT molecular complexity index is 1280. The molecule has 9 heteroatoms. The van der Waals surface area contributed by atoms with Gasteiger partial charge in [-0.2, -0.15) is 5.26 Å². The van der Waals surface area contributed by atoms with Gasteiger partial charge in [0.1, 0.15) is 17.6 Å². The van der Waals surface area contributed by atoms with E-state index in [2.05, 4.69) is 5.38 Å². The molecule has 2 aromatic heterocycles. The molecule has 1 aromatic carbocycles. The Hall–Kier alpha value is -3.38. The van der Waals surface area contributed by atoms with Crippen molar-refractivity contribution in [2.45, 2.75) is 18.8 Å². The molecule has 1 aliphatic heterocycles. The van der Waals surface area contributed by atoms with Crippen molar-refractivity contribution < 1.29 is 4.74 Å². The van der Waals surface area contributed by atoms with E-state index in [4.69, 9.17) is 9.72 Å². The number of hydrogen-bond acceptors (Lipinski definition) is 7. The second-order valence-corrected chi connectivity index (χ2v) is 8.44. The van der Waals surface area contributed by atoms with Crippen molar-refractivity contribution in [3.8, 4) is 23.1 Å². The molecular weight excluding hydrogens is 414 g/mol. The highest BCUT2D eigenvalue weighted by Crippen LogP contribution is 2.36. The maximum atomic E-state index is 12.4. The second kappa shape index (κ2) is 8.40. The van der Waals surface area contributed by atoms with Gasteiger partial charge in [-0.1, -0.05) is 12.1 Å². The van der Waals surface area contributed by atoms with E-state index in [0.29, 0.717) is 24.8 Å². The molecule has 160 valence electrons. The summed E-state index contributed by atoms with van der Waals surface area (Å²) in [5.41, 5.74) is 0.904. The Balaban J connectivity index is 1.56. The van der Waals surface area contributed by atoms with Crippen molar-refractivity contribution >= 4 is 17.2 Å². The van der Waals surface area contributed by atoms with Crippen molar-refractivity contribution in [2.75, 3.05) is 25.1 Å². The van der Waals surface area contributed by atoms with Crippen molar-refractivity contribution in [1.29, 1.82) is 5.26 Å². The Kier molecular flexibility index (Phi) is 5.65. The van der Waals surface area contributed by atoms with Crippen LogP contribution < -0.4 is 20.9 Å². The van der Waals surface area contributed by atoms with Crippen molar-refractivity contribution in [2.24, 2.45) is 14.1 Å². The number of para-hydroxylation sites is 1. The first-order valence-electron chi connectivity index (χ1n) is 10.00. The van der Waals surface area contributed by atoms with Gasteiger partial charge >= 0.3 is 5.69 Å². The molecule has 3 aromatic rings. The summed E-state index contributed by atoms with van der Waals surface area (Å²) in [6.45, 7) is 1.28. The highest BCUT2D eigenvalue weighted by molar-refractivity contribution is 7.10. The van der Waals surface area contributed by atoms with Crippen LogP contribution in [0.4, 0.5) is 5.82 Å². The molecule has 0 radical (unpaired) electrons. The van der Waals surface area contributed by atoms with Crippen LogP contribution in [0.25, 0.3) is 11.3 Å². The highest BCUT2D eigenvalue weighted by Gasteiger charge is 2.28. The fourth-order valence-corrected chi connectivity index (χ4v) is 5.09. The van der Waals surface area contributed by atoms with Gasteiger partial charge in [-0.25, -0.2) is 9.78 Å². The molecular formula is C22H23N5O3S. The molecule has 1 fully saturated rings. The van der Waals surface area contributed by atoms with Crippen LogP contribution in [-0.2, 0) is 14.1 Å². The standard InChI is InChI=1S/C22H23N5O3S/c1-25-20(16(12-23)21(28)26(2)22(25)29)27-10-8-14(9-11-27)19-24-17(13-31-19)15-6-4-5-7-18(15)30-3/h4-7,13-14H,8-11H2,1-3H3. The predicted molar refractivity (Wildman–Crippen MR) is 120 cm³/mol. The van der Waals surface area contributed by atoms with Crippen LogP contribution in [-0.4, -0.2) is 34.3 Å². The molecule has 0 atom stereocenters. The normalized spacial score (nSPS) is 14.5. The number of ether oxygens (including phenoxy) is 1. The van der Waals surface area contributed by atoms with E-state index in [1.54, 1.807) is 25.5 Å². The van der Waals surface area contributed by atoms with E-state index in [1.165, 1.54) is 11.6 Å². The predicted octanol–water partition coefficient (Wildman–Crippen LogP) is 2.47. The smallest absolute Gasteiger partial charge is 0.332 e. The summed E-state index contributed by atoms with van der Waals surface area (Å²) in [4.78, 5) is 31.6. The van der Waals surface area contributed by atoms with E-state index in [-0.39, 0.29) is 5.56 Å². The van der Waals surface area contributed by atoms with Gasteiger partial charge in [0.05, 0.1) is 17.8 Å². The third kappa shape index (κ3) is 3.64. The van der Waals surface area contributed by atoms with E-state index in [9.17, 15) is 14.9 Å². The van der Waals surface area contributed by atoms with Gasteiger partial charge in [0.2, 0.25) is 0 Å². The van der Waals surface area contributed by atoms with Crippen LogP contribution in [0.1, 0.15) is 29.3 Å². The molecule has 0 spiro atoms. The third-order valence-corrected chi connectivity index (χ3v) is 6.80. The topological polar surface area (TPSA) is 93.1 Å². The quantitative estimate of drug-likeness (QED) is 0.623. The minimum absolute atomic E-state index is 0.00996. The Morgan fingerprint density at radius 2 is 1.87 bits per heavy atom. The molecule has 1 saturated heterocycles. The number of methoxy groups -OCH3 is 1. The number of thiazole rings is 1. The molecule has 0 unspecified atom stereocenters. The Morgan fingerprint density at radius 3 is 2.55 bits per heavy atom. The Labute approximate surface area is 183 Å². The summed E-state index contributed by atoms with van der Waals surface area (Å²) < 4.78 is 7.82. The Morgan fingerprint density at radius 1 is 1.16 bits per heavy atom. The number of benzene rings is 1. The largest absolute Gasteiger partial charge is 0.496 e. The lowest BCUT2D eigenvalue weighted by molar-refractivity contribution is 0.416. The fourth-order valence-electron chi connectivity index (χ4n) is 4.09. The summed E-state index contributed by atoms with van der Waals surface area (Å²) in [6.07, 6.45) is 1.65. The summed E-state index contributed by atoms with van der Waals surface area (Å²) in [6, 6.07) is 9.82. The number of nitrogens with zero attached hydrogens (tertiary/aromatic N) is 5. The average Bonchev–Trinajstić information content (AvgIpc) is 3.30. The summed E-state index contributed by atoms with van der Waals surface area (Å²) >= 11 is 1.64. The van der Waals surface area contributed by atoms with E-state index < -0.39 is 11.2 Å². The van der Waals surface area contributed by atoms with Crippen LogP contribution in [0, 0.1) is 11.3 Å². The zero-order valence-electron chi connectivity index (χ0n) is 17.7. The van der Waals surface area contributed by atoms with Crippen LogP contribution >= 0.6 is 11.3 Å². The maximum Gasteiger partial charge on any atom is 0.332 e. The van der Waals surface area contributed by atoms with E-state index >= 15 is 0 Å². The third-order valence-electron chi connectivity index (χ3n) is 5.79. The van der Waals surface area contributed by atoms with Gasteiger partial charge in [0, 0.05) is 44.0 Å². The van der Waals surface area contributed by atoms with Gasteiger partial charge in [-0.15, -0.1) is 11.3 Å². The molecule has 31 heavy (non-hydrogen) atoms. The first-order chi connectivity index (χ1) is 15.0. The first kappa shape index (κ1) is 20.9.